The summed E-state index contributed by atoms with van der Waals surface area (Å²) < 4.78 is 27.5. The number of benzene rings is 2. The Kier molecular flexibility index (Phi) is 5.39. The van der Waals surface area contributed by atoms with Crippen LogP contribution in [0.4, 0.5) is 8.78 Å². The van der Waals surface area contributed by atoms with Gasteiger partial charge >= 0.3 is 0 Å². The van der Waals surface area contributed by atoms with Gasteiger partial charge < -0.3 is 0 Å². The molecule has 0 fully saturated rings. The molecule has 0 bridgehead atoms. The summed E-state index contributed by atoms with van der Waals surface area (Å²) in [7, 11) is 0. The molecule has 0 unspecified atom stereocenters. The van der Waals surface area contributed by atoms with E-state index in [1.165, 1.54) is 34.0 Å². The Hall–Kier alpha value is -2.33. The predicted octanol–water partition coefficient (Wildman–Crippen LogP) is 6.21. The van der Waals surface area contributed by atoms with Crippen LogP contribution in [-0.4, -0.2) is 5.78 Å². The number of carbonyl (C=O) groups excluding carboxylic acids is 1. The summed E-state index contributed by atoms with van der Waals surface area (Å²) in [5.41, 5.74) is 1.34. The molecule has 4 heteroatoms. The maximum Gasteiger partial charge on any atom is 0.165 e. The lowest BCUT2D eigenvalue weighted by molar-refractivity contribution is 0.0976. The van der Waals surface area contributed by atoms with Gasteiger partial charge in [-0.05, 0) is 67.3 Å². The van der Waals surface area contributed by atoms with Gasteiger partial charge in [0.25, 0.3) is 0 Å². The van der Waals surface area contributed by atoms with Crippen LogP contribution in [0.25, 0.3) is 11.1 Å². The van der Waals surface area contributed by atoms with Crippen molar-refractivity contribution in [1.29, 1.82) is 0 Å². The maximum absolute atomic E-state index is 14.1. The molecule has 1 aromatic heterocycles. The van der Waals surface area contributed by atoms with Crippen LogP contribution < -0.4 is 0 Å². The fourth-order valence-corrected chi connectivity index (χ4v) is 3.70. The van der Waals surface area contributed by atoms with Gasteiger partial charge in [-0.2, -0.15) is 0 Å². The summed E-state index contributed by atoms with van der Waals surface area (Å²) in [6, 6.07) is 14.5. The van der Waals surface area contributed by atoms with Gasteiger partial charge in [-0.1, -0.05) is 18.2 Å². The molecule has 2 aromatic carbocycles. The number of hydrogen-bond acceptors (Lipinski definition) is 2. The molecule has 128 valence electrons. The second-order valence-corrected chi connectivity index (χ2v) is 7.37. The highest BCUT2D eigenvalue weighted by Gasteiger charge is 2.13. The molecule has 1 nitrogen and oxygen atoms in total. The molecular weight excluding hydrogens is 338 g/mol. The maximum atomic E-state index is 14.1. The normalized spacial score (nSPS) is 10.8. The molecule has 0 aliphatic rings. The number of halogens is 2. The highest BCUT2D eigenvalue weighted by atomic mass is 32.1. The fourth-order valence-electron chi connectivity index (χ4n) is 2.76. The smallest absolute Gasteiger partial charge is 0.165 e. The Labute approximate surface area is 150 Å². The highest BCUT2D eigenvalue weighted by molar-refractivity contribution is 7.11. The molecule has 0 aliphatic heterocycles. The van der Waals surface area contributed by atoms with E-state index in [-0.39, 0.29) is 17.2 Å². The first kappa shape index (κ1) is 17.5. The van der Waals surface area contributed by atoms with Crippen molar-refractivity contribution < 1.29 is 13.6 Å². The third-order valence-corrected chi connectivity index (χ3v) is 5.11. The lowest BCUT2D eigenvalue weighted by Crippen LogP contribution is -2.03. The number of aryl methyl sites for hydroxylation is 2. The average Bonchev–Trinajstić information content (AvgIpc) is 3.00. The zero-order chi connectivity index (χ0) is 17.8. The predicted molar refractivity (Wildman–Crippen MR) is 98.1 cm³/mol. The van der Waals surface area contributed by atoms with Crippen LogP contribution in [-0.2, 0) is 6.42 Å². The lowest BCUT2D eigenvalue weighted by Gasteiger charge is -2.07. The number of hydrogen-bond donors (Lipinski definition) is 0. The molecule has 0 aliphatic carbocycles. The number of carbonyl (C=O) groups is 1. The van der Waals surface area contributed by atoms with Gasteiger partial charge in [0.05, 0.1) is 5.56 Å². The Morgan fingerprint density at radius 3 is 2.52 bits per heavy atom. The SMILES string of the molecule is Cc1ccc(CCCC(=O)c2cc(-c3cccc(F)c3)ccc2F)s1. The van der Waals surface area contributed by atoms with E-state index in [0.29, 0.717) is 24.0 Å². The van der Waals surface area contributed by atoms with E-state index < -0.39 is 5.82 Å². The zero-order valence-electron chi connectivity index (χ0n) is 13.9. The first-order valence-electron chi connectivity index (χ1n) is 8.17. The van der Waals surface area contributed by atoms with Crippen molar-refractivity contribution in [2.75, 3.05) is 0 Å². The molecule has 25 heavy (non-hydrogen) atoms. The van der Waals surface area contributed by atoms with Crippen molar-refractivity contribution in [3.05, 3.63) is 81.5 Å². The minimum absolute atomic E-state index is 0.0733. The molecule has 0 spiro atoms. The van der Waals surface area contributed by atoms with E-state index in [4.69, 9.17) is 0 Å². The summed E-state index contributed by atoms with van der Waals surface area (Å²) in [6.45, 7) is 2.05. The molecule has 0 saturated carbocycles. The lowest BCUT2D eigenvalue weighted by atomic mass is 9.98. The van der Waals surface area contributed by atoms with E-state index in [1.54, 1.807) is 29.5 Å². The van der Waals surface area contributed by atoms with E-state index in [1.807, 2.05) is 6.92 Å². The second kappa shape index (κ2) is 7.70. The van der Waals surface area contributed by atoms with Crippen molar-refractivity contribution in [3.63, 3.8) is 0 Å². The molecule has 3 aromatic rings. The summed E-state index contributed by atoms with van der Waals surface area (Å²) in [5, 5.41) is 0. The minimum atomic E-state index is -0.530. The van der Waals surface area contributed by atoms with Crippen LogP contribution in [0.3, 0.4) is 0 Å². The standard InChI is InChI=1S/C21H18F2OS/c1-14-8-10-18(25-14)6-3-7-21(24)19-13-16(9-11-20(19)23)15-4-2-5-17(22)12-15/h2,4-5,8-13H,3,6-7H2,1H3. The minimum Gasteiger partial charge on any atom is -0.294 e. The molecule has 0 amide bonds. The Bertz CT molecular complexity index is 898. The van der Waals surface area contributed by atoms with Crippen LogP contribution in [0.15, 0.2) is 54.6 Å². The Morgan fingerprint density at radius 2 is 1.80 bits per heavy atom. The van der Waals surface area contributed by atoms with Gasteiger partial charge in [0.2, 0.25) is 0 Å². The van der Waals surface area contributed by atoms with E-state index >= 15 is 0 Å². The number of thiophene rings is 1. The number of ketones is 1. The van der Waals surface area contributed by atoms with Gasteiger partial charge in [0.15, 0.2) is 5.78 Å². The van der Waals surface area contributed by atoms with Crippen molar-refractivity contribution >= 4 is 17.1 Å². The monoisotopic (exact) mass is 356 g/mol. The Balaban J connectivity index is 1.72. The molecule has 0 saturated heterocycles. The average molecular weight is 356 g/mol. The van der Waals surface area contributed by atoms with E-state index in [0.717, 1.165) is 6.42 Å². The summed E-state index contributed by atoms with van der Waals surface area (Å²) in [6.07, 6.45) is 1.79. The Morgan fingerprint density at radius 1 is 1.00 bits per heavy atom. The molecule has 3 rings (SSSR count). The largest absolute Gasteiger partial charge is 0.294 e. The molecular formula is C21H18F2OS. The zero-order valence-corrected chi connectivity index (χ0v) is 14.7. The van der Waals surface area contributed by atoms with Gasteiger partial charge in [0.1, 0.15) is 11.6 Å². The van der Waals surface area contributed by atoms with Crippen LogP contribution in [0.2, 0.25) is 0 Å². The summed E-state index contributed by atoms with van der Waals surface area (Å²) >= 11 is 1.72. The van der Waals surface area contributed by atoms with Crippen LogP contribution in [0.5, 0.6) is 0 Å². The van der Waals surface area contributed by atoms with Crippen molar-refractivity contribution in [2.45, 2.75) is 26.2 Å². The van der Waals surface area contributed by atoms with Crippen molar-refractivity contribution in [3.8, 4) is 11.1 Å². The van der Waals surface area contributed by atoms with Crippen molar-refractivity contribution in [2.24, 2.45) is 0 Å². The van der Waals surface area contributed by atoms with Crippen LogP contribution in [0, 0.1) is 18.6 Å². The first-order chi connectivity index (χ1) is 12.0. The summed E-state index contributed by atoms with van der Waals surface area (Å²) in [4.78, 5) is 14.9. The van der Waals surface area contributed by atoms with Crippen LogP contribution >= 0.6 is 11.3 Å². The van der Waals surface area contributed by atoms with E-state index in [2.05, 4.69) is 12.1 Å². The number of Topliss-reactive ketones (excluding diaryl/α,β-unsaturated/α-hetero) is 1. The quantitative estimate of drug-likeness (QED) is 0.480. The first-order valence-corrected chi connectivity index (χ1v) is 8.98. The third-order valence-electron chi connectivity index (χ3n) is 4.05. The summed E-state index contributed by atoms with van der Waals surface area (Å²) in [5.74, 6) is -1.11. The van der Waals surface area contributed by atoms with Crippen molar-refractivity contribution in [1.82, 2.24) is 0 Å². The molecule has 1 heterocycles. The highest BCUT2D eigenvalue weighted by Crippen LogP contribution is 2.24. The van der Waals surface area contributed by atoms with Gasteiger partial charge in [0, 0.05) is 16.2 Å². The van der Waals surface area contributed by atoms with Gasteiger partial charge in [-0.25, -0.2) is 8.78 Å². The molecule has 0 radical (unpaired) electrons. The number of rotatable bonds is 6. The van der Waals surface area contributed by atoms with Crippen LogP contribution in [0.1, 0.15) is 33.0 Å². The second-order valence-electron chi connectivity index (χ2n) is 5.99. The third kappa shape index (κ3) is 4.40. The van der Waals surface area contributed by atoms with Gasteiger partial charge in [-0.15, -0.1) is 11.3 Å². The van der Waals surface area contributed by atoms with E-state index in [9.17, 15) is 13.6 Å². The fraction of sp³-hybridized carbons (Fsp3) is 0.190. The topological polar surface area (TPSA) is 17.1 Å². The molecule has 0 N–H and O–H groups in total. The molecule has 0 atom stereocenters. The van der Waals surface area contributed by atoms with Gasteiger partial charge in [-0.3, -0.25) is 4.79 Å².